The molecule has 0 fully saturated rings. The molecule has 6 heteroatoms. The fourth-order valence-corrected chi connectivity index (χ4v) is 1.73. The van der Waals surface area contributed by atoms with Crippen LogP contribution < -0.4 is 0 Å². The molecule has 0 aliphatic carbocycles. The van der Waals surface area contributed by atoms with E-state index >= 15 is 0 Å². The average Bonchev–Trinajstić information content (AvgIpc) is 1.82. The molecule has 0 atom stereocenters. The first-order valence-corrected chi connectivity index (χ1v) is 4.03. The quantitative estimate of drug-likeness (QED) is 0.807. The van der Waals surface area contributed by atoms with Crippen LogP contribution in [0.5, 0.6) is 0 Å². The second kappa shape index (κ2) is 5.66. The van der Waals surface area contributed by atoms with Crippen molar-refractivity contribution >= 4 is 40.8 Å². The van der Waals surface area contributed by atoms with Gasteiger partial charge in [0.1, 0.15) is 0 Å². The van der Waals surface area contributed by atoms with Crippen LogP contribution in [0.25, 0.3) is 0 Å². The van der Waals surface area contributed by atoms with Crippen molar-refractivity contribution in [1.29, 1.82) is 0 Å². The van der Waals surface area contributed by atoms with E-state index in [0.717, 1.165) is 0 Å². The van der Waals surface area contributed by atoms with Crippen molar-refractivity contribution in [2.24, 2.45) is 0 Å². The fraction of sp³-hybridized carbons (Fsp3) is 0. The Balaban J connectivity index is 0.00000144. The second-order valence-electron chi connectivity index (χ2n) is 2.05. The Hall–Kier alpha value is 0.846. The second-order valence-corrected chi connectivity index (χ2v) is 3.30. The summed E-state index contributed by atoms with van der Waals surface area (Å²) in [6.45, 7) is 0. The van der Waals surface area contributed by atoms with Gasteiger partial charge in [0.25, 0.3) is 0 Å². The summed E-state index contributed by atoms with van der Waals surface area (Å²) < 4.78 is 0. The van der Waals surface area contributed by atoms with Crippen molar-refractivity contribution in [2.75, 3.05) is 0 Å². The molecule has 0 spiro atoms. The maximum Gasteiger partial charge on any atom is 0.338 e. The number of carboxylic acid groups (broad SMARTS) is 1. The zero-order valence-electron chi connectivity index (χ0n) is 5.98. The van der Waals surface area contributed by atoms with Crippen LogP contribution in [0.1, 0.15) is 10.4 Å². The van der Waals surface area contributed by atoms with Crippen molar-refractivity contribution in [1.82, 2.24) is 0 Å². The molecule has 0 unspecified atom stereocenters. The van der Waals surface area contributed by atoms with Gasteiger partial charge in [0.2, 0.25) is 0 Å². The van der Waals surface area contributed by atoms with Crippen molar-refractivity contribution in [2.45, 2.75) is 0 Å². The van der Waals surface area contributed by atoms with E-state index in [9.17, 15) is 4.79 Å². The largest absolute Gasteiger partial charge is 0.478 e. The number of benzene rings is 1. The molecule has 73 valence electrons. The predicted molar refractivity (Wildman–Crippen MR) is 48.4 cm³/mol. The molecule has 1 rings (SSSR count). The molecule has 1 aromatic rings. The summed E-state index contributed by atoms with van der Waals surface area (Å²) in [5.41, 5.74) is -0.122. The number of halogens is 3. The third-order valence-electron chi connectivity index (χ3n) is 1.22. The Kier molecular flexibility index (Phi) is 6.03. The zero-order valence-corrected chi connectivity index (χ0v) is 10.4. The minimum Gasteiger partial charge on any atom is -0.478 e. The Morgan fingerprint density at radius 1 is 1.15 bits per heavy atom. The van der Waals surface area contributed by atoms with Gasteiger partial charge >= 0.3 is 5.97 Å². The number of aromatic carboxylic acids is 1. The van der Waals surface area contributed by atoms with Gasteiger partial charge in [-0.05, 0) is 12.1 Å². The Bertz CT molecular complexity index is 318. The molecule has 0 bridgehead atoms. The van der Waals surface area contributed by atoms with E-state index < -0.39 is 5.97 Å². The first-order chi connectivity index (χ1) is 5.52. The summed E-state index contributed by atoms with van der Waals surface area (Å²) in [7, 11) is 0. The van der Waals surface area contributed by atoms with Crippen LogP contribution in [0.3, 0.4) is 0 Å². The predicted octanol–water partition coefficient (Wildman–Crippen LogP) is 3.35. The van der Waals surface area contributed by atoms with Crippen molar-refractivity contribution in [3.63, 3.8) is 0 Å². The minimum absolute atomic E-state index is 0. The molecule has 1 N–H and O–H groups in total. The number of hydrogen-bond donors (Lipinski definition) is 1. The van der Waals surface area contributed by atoms with Crippen LogP contribution in [0.4, 0.5) is 0 Å². The summed E-state index contributed by atoms with van der Waals surface area (Å²) in [5, 5.41) is 9.02. The van der Waals surface area contributed by atoms with Gasteiger partial charge in [-0.25, -0.2) is 4.79 Å². The molecule has 1 radical (unpaired) electrons. The van der Waals surface area contributed by atoms with E-state index in [0.29, 0.717) is 5.02 Å². The van der Waals surface area contributed by atoms with Gasteiger partial charge in [-0.15, -0.1) is 0 Å². The smallest absolute Gasteiger partial charge is 0.338 e. The number of rotatable bonds is 1. The molecule has 2 nitrogen and oxygen atoms in total. The van der Waals surface area contributed by atoms with Gasteiger partial charge in [0.15, 0.2) is 0 Å². The average molecular weight is 384 g/mol. The maximum atomic E-state index is 10.5. The Morgan fingerprint density at radius 3 is 1.85 bits per heavy atom. The normalized spacial score (nSPS) is 9.15. The van der Waals surface area contributed by atoms with Gasteiger partial charge in [-0.2, -0.15) is 0 Å². The van der Waals surface area contributed by atoms with Crippen LogP contribution >= 0.6 is 34.8 Å². The summed E-state index contributed by atoms with van der Waals surface area (Å²) in [6.07, 6.45) is 0. The molecule has 0 heterocycles. The molecule has 0 aliphatic rings. The van der Waals surface area contributed by atoms with E-state index in [1.54, 1.807) is 0 Å². The molecule has 0 saturated heterocycles. The maximum absolute atomic E-state index is 10.5. The van der Waals surface area contributed by atoms with Gasteiger partial charge in [-0.3, -0.25) is 0 Å². The number of carbonyl (C=O) groups is 1. The first kappa shape index (κ1) is 13.8. The van der Waals surface area contributed by atoms with Gasteiger partial charge < -0.3 is 5.11 Å². The van der Waals surface area contributed by atoms with E-state index in [2.05, 4.69) is 0 Å². The number of hydrogen-bond acceptors (Lipinski definition) is 1. The SMILES string of the molecule is O=C(O)c1c(Cl)cc(Cl)cc1Cl.[Tb]. The van der Waals surface area contributed by atoms with E-state index in [1.807, 2.05) is 0 Å². The van der Waals surface area contributed by atoms with Crippen molar-refractivity contribution in [3.8, 4) is 0 Å². The topological polar surface area (TPSA) is 37.3 Å². The van der Waals surface area contributed by atoms with E-state index in [-0.39, 0.29) is 54.2 Å². The summed E-state index contributed by atoms with van der Waals surface area (Å²) >= 11 is 16.7. The molecular formula is C7H3Cl3O2Tb. The van der Waals surface area contributed by atoms with Crippen LogP contribution in [0, 0.1) is 38.6 Å². The van der Waals surface area contributed by atoms with Crippen LogP contribution in [-0.2, 0) is 0 Å². The summed E-state index contributed by atoms with van der Waals surface area (Å²) in [5.74, 6) is -1.17. The monoisotopic (exact) mass is 383 g/mol. The standard InChI is InChI=1S/C7H3Cl3O2.Tb/c8-3-1-4(9)6(7(11)12)5(10)2-3;/h1-2H,(H,11,12);. The minimum atomic E-state index is -1.17. The molecule has 0 aromatic heterocycles. The Morgan fingerprint density at radius 2 is 1.54 bits per heavy atom. The zero-order chi connectivity index (χ0) is 9.30. The summed E-state index contributed by atoms with van der Waals surface area (Å²) in [4.78, 5) is 10.5. The molecular weight excluding hydrogens is 381 g/mol. The van der Waals surface area contributed by atoms with Crippen molar-refractivity contribution < 1.29 is 48.5 Å². The van der Waals surface area contributed by atoms with E-state index in [1.165, 1.54) is 12.1 Å². The first-order valence-electron chi connectivity index (χ1n) is 2.90. The number of carboxylic acids is 1. The molecule has 1 aromatic carbocycles. The van der Waals surface area contributed by atoms with Gasteiger partial charge in [0, 0.05) is 43.6 Å². The van der Waals surface area contributed by atoms with E-state index in [4.69, 9.17) is 39.9 Å². The molecule has 0 aliphatic heterocycles. The molecule has 13 heavy (non-hydrogen) atoms. The van der Waals surface area contributed by atoms with Crippen molar-refractivity contribution in [3.05, 3.63) is 32.8 Å². The molecule has 0 amide bonds. The van der Waals surface area contributed by atoms with Crippen LogP contribution in [-0.4, -0.2) is 11.1 Å². The van der Waals surface area contributed by atoms with Crippen LogP contribution in [0.2, 0.25) is 15.1 Å². The molecule has 0 saturated carbocycles. The van der Waals surface area contributed by atoms with Gasteiger partial charge in [-0.1, -0.05) is 34.8 Å². The van der Waals surface area contributed by atoms with Crippen LogP contribution in [0.15, 0.2) is 12.1 Å². The Labute approximate surface area is 121 Å². The fourth-order valence-electron chi connectivity index (χ4n) is 0.747. The third-order valence-corrected chi connectivity index (χ3v) is 2.04. The third kappa shape index (κ3) is 3.48. The van der Waals surface area contributed by atoms with Gasteiger partial charge in [0.05, 0.1) is 15.6 Å². The summed E-state index contributed by atoms with van der Waals surface area (Å²) in [6, 6.07) is 2.66.